The lowest BCUT2D eigenvalue weighted by Crippen LogP contribution is -2.44. The molecule has 10 heteroatoms. The van der Waals surface area contributed by atoms with Crippen LogP contribution in [0.1, 0.15) is 64.8 Å². The number of fused-ring (bicyclic) bond motifs is 1. The monoisotopic (exact) mass is 675 g/mol. The van der Waals surface area contributed by atoms with Crippen LogP contribution in [-0.2, 0) is 6.42 Å². The Hall–Kier alpha value is -5.19. The molecule has 0 atom stereocenters. The highest BCUT2D eigenvalue weighted by Crippen LogP contribution is 2.29. The molecule has 0 bridgehead atoms. The fraction of sp³-hybridized carbons (Fsp3) is 0.300. The minimum atomic E-state index is -0.633. The van der Waals surface area contributed by atoms with E-state index in [2.05, 4.69) is 50.2 Å². The van der Waals surface area contributed by atoms with Crippen LogP contribution in [0.2, 0.25) is 0 Å². The summed E-state index contributed by atoms with van der Waals surface area (Å²) >= 11 is 0. The molecule has 1 aliphatic carbocycles. The summed E-state index contributed by atoms with van der Waals surface area (Å²) in [7, 11) is 0. The number of carbonyl (C=O) groups is 2. The topological polar surface area (TPSA) is 125 Å². The molecule has 0 aliphatic heterocycles. The van der Waals surface area contributed by atoms with E-state index in [1.807, 2.05) is 42.5 Å². The predicted octanol–water partition coefficient (Wildman–Crippen LogP) is 6.60. The minimum absolute atomic E-state index is 0.0180. The number of aliphatic hydroxyl groups excluding tert-OH is 1. The lowest BCUT2D eigenvalue weighted by Gasteiger charge is -2.30. The first kappa shape index (κ1) is 34.7. The maximum absolute atomic E-state index is 14.3. The molecule has 2 aromatic heterocycles. The van der Waals surface area contributed by atoms with Crippen molar-refractivity contribution in [2.45, 2.75) is 57.0 Å². The Morgan fingerprint density at radius 3 is 2.24 bits per heavy atom. The van der Waals surface area contributed by atoms with Crippen molar-refractivity contribution >= 4 is 22.7 Å². The number of aromatic nitrogens is 2. The number of hydrogen-bond donors (Lipinski definition) is 4. The van der Waals surface area contributed by atoms with Gasteiger partial charge in [-0.15, -0.1) is 0 Å². The van der Waals surface area contributed by atoms with Gasteiger partial charge >= 0.3 is 0 Å². The summed E-state index contributed by atoms with van der Waals surface area (Å²) in [6.45, 7) is 1.93. The molecule has 4 N–H and O–H groups in total. The van der Waals surface area contributed by atoms with Crippen LogP contribution >= 0.6 is 0 Å². The van der Waals surface area contributed by atoms with Gasteiger partial charge in [-0.05, 0) is 105 Å². The molecule has 6 rings (SSSR count). The van der Waals surface area contributed by atoms with Crippen LogP contribution in [0.4, 0.5) is 4.39 Å². The van der Waals surface area contributed by atoms with Gasteiger partial charge in [0.05, 0.1) is 17.3 Å². The van der Waals surface area contributed by atoms with Crippen molar-refractivity contribution < 1.29 is 23.8 Å². The van der Waals surface area contributed by atoms with Gasteiger partial charge < -0.3 is 25.8 Å². The Labute approximate surface area is 291 Å². The number of ether oxygens (including phenoxy) is 1. The van der Waals surface area contributed by atoms with Gasteiger partial charge in [0, 0.05) is 30.3 Å². The highest BCUT2D eigenvalue weighted by molar-refractivity contribution is 6.05. The molecule has 0 unspecified atom stereocenters. The number of carbonyl (C=O) groups excluding carboxylic acids is 2. The van der Waals surface area contributed by atoms with E-state index < -0.39 is 11.7 Å². The van der Waals surface area contributed by atoms with E-state index >= 15 is 0 Å². The third-order valence-electron chi connectivity index (χ3n) is 9.00. The van der Waals surface area contributed by atoms with Crippen LogP contribution in [0, 0.1) is 5.82 Å². The van der Waals surface area contributed by atoms with Crippen LogP contribution in [0.5, 0.6) is 11.6 Å². The molecule has 2 heterocycles. The largest absolute Gasteiger partial charge is 0.438 e. The Morgan fingerprint density at radius 1 is 0.780 bits per heavy atom. The van der Waals surface area contributed by atoms with Crippen molar-refractivity contribution in [3.05, 3.63) is 120 Å². The van der Waals surface area contributed by atoms with E-state index in [-0.39, 0.29) is 36.0 Å². The molecule has 0 radical (unpaired) electrons. The zero-order valence-corrected chi connectivity index (χ0v) is 27.9. The van der Waals surface area contributed by atoms with Crippen molar-refractivity contribution in [1.82, 2.24) is 25.9 Å². The van der Waals surface area contributed by atoms with Crippen LogP contribution in [-0.4, -0.2) is 58.7 Å². The predicted molar refractivity (Wildman–Crippen MR) is 192 cm³/mol. The lowest BCUT2D eigenvalue weighted by atomic mass is 9.90. The number of para-hydroxylation sites is 1. The van der Waals surface area contributed by atoms with Crippen LogP contribution in [0.3, 0.4) is 0 Å². The second-order valence-electron chi connectivity index (χ2n) is 12.6. The number of nitrogens with one attached hydrogen (secondary N) is 3. The van der Waals surface area contributed by atoms with Gasteiger partial charge in [-0.25, -0.2) is 9.37 Å². The van der Waals surface area contributed by atoms with Crippen molar-refractivity contribution in [2.75, 3.05) is 19.7 Å². The minimum Gasteiger partial charge on any atom is -0.438 e. The van der Waals surface area contributed by atoms with Gasteiger partial charge in [0.25, 0.3) is 11.8 Å². The zero-order valence-electron chi connectivity index (χ0n) is 27.9. The quantitative estimate of drug-likeness (QED) is 0.0978. The average molecular weight is 676 g/mol. The van der Waals surface area contributed by atoms with E-state index in [4.69, 9.17) is 9.84 Å². The van der Waals surface area contributed by atoms with E-state index in [9.17, 15) is 14.0 Å². The second-order valence-corrected chi connectivity index (χ2v) is 12.6. The maximum atomic E-state index is 14.3. The number of benzene rings is 3. The summed E-state index contributed by atoms with van der Waals surface area (Å²) in [5.74, 6) is -0.756. The van der Waals surface area contributed by atoms with Crippen molar-refractivity contribution in [1.29, 1.82) is 0 Å². The number of amides is 2. The molecule has 3 aromatic carbocycles. The van der Waals surface area contributed by atoms with Gasteiger partial charge in [-0.1, -0.05) is 54.6 Å². The first-order valence-corrected chi connectivity index (χ1v) is 17.3. The van der Waals surface area contributed by atoms with Gasteiger partial charge in [-0.3, -0.25) is 14.6 Å². The molecular weight excluding hydrogens is 633 g/mol. The molecule has 1 saturated carbocycles. The molecule has 0 spiro atoms. The number of aliphatic hydroxyl groups is 1. The first-order chi connectivity index (χ1) is 24.5. The van der Waals surface area contributed by atoms with E-state index in [0.717, 1.165) is 61.1 Å². The Balaban J connectivity index is 1.03. The summed E-state index contributed by atoms with van der Waals surface area (Å²) in [5, 5.41) is 19.3. The normalized spacial score (nSPS) is 15.8. The third-order valence-corrected chi connectivity index (χ3v) is 9.00. The van der Waals surface area contributed by atoms with Crippen LogP contribution in [0.25, 0.3) is 22.0 Å². The average Bonchev–Trinajstić information content (AvgIpc) is 3.14. The SMILES string of the molecule is O=C(NC1CCC(NC(=O)c2cccc3cccnc23)CC1)c1cc(F)cnc1Oc1cccc(-c2ccc(CCCNCCCO)cc2)c1. The molecule has 1 fully saturated rings. The smallest absolute Gasteiger partial charge is 0.257 e. The summed E-state index contributed by atoms with van der Waals surface area (Å²) in [5.41, 5.74) is 4.43. The van der Waals surface area contributed by atoms with Crippen molar-refractivity contribution in [2.24, 2.45) is 0 Å². The Morgan fingerprint density at radius 2 is 1.48 bits per heavy atom. The first-order valence-electron chi connectivity index (χ1n) is 17.3. The molecule has 258 valence electrons. The Kier molecular flexibility index (Phi) is 11.8. The number of hydrogen-bond acceptors (Lipinski definition) is 7. The highest BCUT2D eigenvalue weighted by Gasteiger charge is 2.26. The molecule has 1 aliphatic rings. The summed E-state index contributed by atoms with van der Waals surface area (Å²) in [4.78, 5) is 35.0. The standard InChI is InChI=1S/C40H42FN5O4/c41-31-25-36(39(49)46-33-18-16-32(17-19-33)45-38(48)35-11-2-7-29-9-4-22-43-37(29)35)40(44-26-31)50-34-10-1-8-30(24-34)28-14-12-27(13-15-28)6-3-20-42-21-5-23-47/h1-2,4,7-15,22,24-26,32-33,42,47H,3,5-6,16-21,23H2,(H,45,48)(H,46,49). The molecular formula is C40H42FN5O4. The molecule has 9 nitrogen and oxygen atoms in total. The molecule has 0 saturated heterocycles. The number of aryl methyl sites for hydroxylation is 1. The number of nitrogens with zero attached hydrogens (tertiary/aromatic N) is 2. The summed E-state index contributed by atoms with van der Waals surface area (Å²) in [6.07, 6.45) is 8.15. The molecule has 50 heavy (non-hydrogen) atoms. The van der Waals surface area contributed by atoms with Gasteiger partial charge in [-0.2, -0.15) is 0 Å². The number of pyridine rings is 2. The van der Waals surface area contributed by atoms with Gasteiger partial charge in [0.1, 0.15) is 17.1 Å². The van der Waals surface area contributed by atoms with E-state index in [1.165, 1.54) is 5.56 Å². The van der Waals surface area contributed by atoms with Crippen LogP contribution in [0.15, 0.2) is 97.3 Å². The fourth-order valence-corrected chi connectivity index (χ4v) is 6.33. The Bertz CT molecular complexity index is 1910. The number of halogens is 1. The van der Waals surface area contributed by atoms with E-state index in [1.54, 1.807) is 18.3 Å². The third kappa shape index (κ3) is 9.07. The zero-order chi connectivity index (χ0) is 34.7. The van der Waals surface area contributed by atoms with Gasteiger partial charge in [0.15, 0.2) is 0 Å². The molecule has 2 amide bonds. The molecule has 5 aromatic rings. The highest BCUT2D eigenvalue weighted by atomic mass is 19.1. The van der Waals surface area contributed by atoms with Crippen LogP contribution < -0.4 is 20.7 Å². The maximum Gasteiger partial charge on any atom is 0.257 e. The van der Waals surface area contributed by atoms with E-state index in [0.29, 0.717) is 42.5 Å². The second kappa shape index (κ2) is 17.0. The summed E-state index contributed by atoms with van der Waals surface area (Å²) < 4.78 is 20.4. The fourth-order valence-electron chi connectivity index (χ4n) is 6.33. The van der Waals surface area contributed by atoms with Crippen molar-refractivity contribution in [3.8, 4) is 22.8 Å². The summed E-state index contributed by atoms with van der Waals surface area (Å²) in [6, 6.07) is 26.2. The van der Waals surface area contributed by atoms with Crippen molar-refractivity contribution in [3.63, 3.8) is 0 Å². The number of rotatable bonds is 14. The lowest BCUT2D eigenvalue weighted by molar-refractivity contribution is 0.0890. The van der Waals surface area contributed by atoms with Gasteiger partial charge in [0.2, 0.25) is 5.88 Å².